The molecule has 4 heteroatoms. The molecule has 2 unspecified atom stereocenters. The van der Waals surface area contributed by atoms with Crippen molar-refractivity contribution in [2.24, 2.45) is 0 Å². The summed E-state index contributed by atoms with van der Waals surface area (Å²) in [6, 6.07) is 14.4. The highest BCUT2D eigenvalue weighted by Crippen LogP contribution is 2.44. The summed E-state index contributed by atoms with van der Waals surface area (Å²) >= 11 is 0. The normalized spacial score (nSPS) is 19.3. The second-order valence-electron chi connectivity index (χ2n) is 6.46. The van der Waals surface area contributed by atoms with Gasteiger partial charge in [0.25, 0.3) is 0 Å². The van der Waals surface area contributed by atoms with Gasteiger partial charge in [-0.15, -0.1) is 0 Å². The summed E-state index contributed by atoms with van der Waals surface area (Å²) in [5, 5.41) is 9.18. The van der Waals surface area contributed by atoms with Gasteiger partial charge in [0, 0.05) is 0 Å². The van der Waals surface area contributed by atoms with Crippen LogP contribution in [0.4, 0.5) is 4.39 Å². The Morgan fingerprint density at radius 2 is 1.88 bits per heavy atom. The van der Waals surface area contributed by atoms with Gasteiger partial charge in [-0.05, 0) is 74.4 Å². The molecule has 0 amide bonds. The fourth-order valence-electron chi connectivity index (χ4n) is 3.18. The van der Waals surface area contributed by atoms with Gasteiger partial charge in [-0.3, -0.25) is 0 Å². The number of hydrogen-bond acceptors (Lipinski definition) is 3. The first kappa shape index (κ1) is 16.6. The number of ether oxygens (including phenoxy) is 1. The van der Waals surface area contributed by atoms with Crippen LogP contribution in [0.25, 0.3) is 0 Å². The summed E-state index contributed by atoms with van der Waals surface area (Å²) in [6.45, 7) is 0.994. The summed E-state index contributed by atoms with van der Waals surface area (Å²) in [5.74, 6) is -0.251. The molecule has 0 saturated carbocycles. The SMILES string of the molecule is CN(C)CCCC1OC(c2ccc(F)cc2)c2ccc(C#N)cc21. The molecule has 24 heavy (non-hydrogen) atoms. The number of nitrogens with zero attached hydrogens (tertiary/aromatic N) is 2. The molecule has 124 valence electrons. The van der Waals surface area contributed by atoms with Crippen LogP contribution < -0.4 is 0 Å². The molecule has 1 aliphatic heterocycles. The number of rotatable bonds is 5. The molecular weight excluding hydrogens is 303 g/mol. The lowest BCUT2D eigenvalue weighted by atomic mass is 9.94. The van der Waals surface area contributed by atoms with Gasteiger partial charge in [0.1, 0.15) is 11.9 Å². The number of nitriles is 1. The Hall–Kier alpha value is -2.22. The lowest BCUT2D eigenvalue weighted by Gasteiger charge is -2.16. The van der Waals surface area contributed by atoms with Gasteiger partial charge in [-0.2, -0.15) is 5.26 Å². The maximum atomic E-state index is 13.2. The molecule has 3 rings (SSSR count). The first-order valence-electron chi connectivity index (χ1n) is 8.18. The molecule has 0 N–H and O–H groups in total. The zero-order valence-electron chi connectivity index (χ0n) is 14.0. The van der Waals surface area contributed by atoms with Crippen molar-refractivity contribution >= 4 is 0 Å². The van der Waals surface area contributed by atoms with E-state index in [4.69, 9.17) is 4.74 Å². The van der Waals surface area contributed by atoms with Gasteiger partial charge in [0.15, 0.2) is 0 Å². The van der Waals surface area contributed by atoms with E-state index in [1.54, 1.807) is 12.1 Å². The van der Waals surface area contributed by atoms with Gasteiger partial charge in [-0.25, -0.2) is 4.39 Å². The third-order valence-electron chi connectivity index (χ3n) is 4.39. The van der Waals surface area contributed by atoms with Crippen molar-refractivity contribution < 1.29 is 9.13 Å². The van der Waals surface area contributed by atoms with E-state index in [9.17, 15) is 9.65 Å². The molecule has 1 heterocycles. The van der Waals surface area contributed by atoms with E-state index >= 15 is 0 Å². The summed E-state index contributed by atoms with van der Waals surface area (Å²) in [5.41, 5.74) is 3.75. The quantitative estimate of drug-likeness (QED) is 0.827. The maximum absolute atomic E-state index is 13.2. The number of hydrogen-bond donors (Lipinski definition) is 0. The van der Waals surface area contributed by atoms with Crippen molar-refractivity contribution in [3.63, 3.8) is 0 Å². The third-order valence-corrected chi connectivity index (χ3v) is 4.39. The Morgan fingerprint density at radius 1 is 1.12 bits per heavy atom. The van der Waals surface area contributed by atoms with Crippen LogP contribution in [0, 0.1) is 17.1 Å². The van der Waals surface area contributed by atoms with Gasteiger partial charge in [0.2, 0.25) is 0 Å². The average molecular weight is 324 g/mol. The molecule has 2 atom stereocenters. The molecular formula is C20H21FN2O. The van der Waals surface area contributed by atoms with E-state index in [1.165, 1.54) is 12.1 Å². The standard InChI is InChI=1S/C20H21FN2O/c1-23(2)11-3-4-19-18-12-14(13-22)5-10-17(18)20(24-19)15-6-8-16(21)9-7-15/h5-10,12,19-20H,3-4,11H2,1-2H3. The maximum Gasteiger partial charge on any atom is 0.123 e. The Kier molecular flexibility index (Phi) is 4.94. The first-order chi connectivity index (χ1) is 11.6. The van der Waals surface area contributed by atoms with E-state index in [2.05, 4.69) is 25.1 Å². The van der Waals surface area contributed by atoms with Crippen LogP contribution in [0.15, 0.2) is 42.5 Å². The molecule has 0 aliphatic carbocycles. The van der Waals surface area contributed by atoms with Crippen molar-refractivity contribution in [3.8, 4) is 6.07 Å². The molecule has 0 spiro atoms. The van der Waals surface area contributed by atoms with Crippen molar-refractivity contribution in [3.05, 3.63) is 70.5 Å². The third kappa shape index (κ3) is 3.48. The Bertz CT molecular complexity index is 749. The predicted molar refractivity (Wildman–Crippen MR) is 91.0 cm³/mol. The molecule has 1 aliphatic rings. The van der Waals surface area contributed by atoms with E-state index < -0.39 is 0 Å². The fourth-order valence-corrected chi connectivity index (χ4v) is 3.18. The highest BCUT2D eigenvalue weighted by atomic mass is 19.1. The van der Waals surface area contributed by atoms with Crippen molar-refractivity contribution in [1.29, 1.82) is 5.26 Å². The second kappa shape index (κ2) is 7.12. The monoisotopic (exact) mass is 324 g/mol. The second-order valence-corrected chi connectivity index (χ2v) is 6.46. The summed E-state index contributed by atoms with van der Waals surface area (Å²) in [4.78, 5) is 2.15. The van der Waals surface area contributed by atoms with Gasteiger partial charge >= 0.3 is 0 Å². The van der Waals surface area contributed by atoms with Crippen molar-refractivity contribution in [2.45, 2.75) is 25.0 Å². The lowest BCUT2D eigenvalue weighted by Crippen LogP contribution is -2.14. The molecule has 0 radical (unpaired) electrons. The van der Waals surface area contributed by atoms with Crippen LogP contribution in [-0.2, 0) is 4.74 Å². The lowest BCUT2D eigenvalue weighted by molar-refractivity contribution is 0.0264. The molecule has 0 aromatic heterocycles. The minimum Gasteiger partial charge on any atom is -0.361 e. The molecule has 3 nitrogen and oxygen atoms in total. The van der Waals surface area contributed by atoms with Crippen LogP contribution in [-0.4, -0.2) is 25.5 Å². The van der Waals surface area contributed by atoms with Gasteiger partial charge in [0.05, 0.1) is 17.7 Å². The molecule has 0 fully saturated rings. The topological polar surface area (TPSA) is 36.3 Å². The molecule has 2 aromatic carbocycles. The van der Waals surface area contributed by atoms with E-state index in [1.807, 2.05) is 18.2 Å². The molecule has 2 aromatic rings. The highest BCUT2D eigenvalue weighted by molar-refractivity contribution is 5.45. The van der Waals surface area contributed by atoms with Crippen LogP contribution in [0.2, 0.25) is 0 Å². The van der Waals surface area contributed by atoms with Gasteiger partial charge < -0.3 is 9.64 Å². The van der Waals surface area contributed by atoms with Crippen LogP contribution in [0.5, 0.6) is 0 Å². The summed E-state index contributed by atoms with van der Waals surface area (Å²) in [7, 11) is 4.11. The van der Waals surface area contributed by atoms with Gasteiger partial charge in [-0.1, -0.05) is 18.2 Å². The van der Waals surface area contributed by atoms with Crippen LogP contribution in [0.3, 0.4) is 0 Å². The zero-order chi connectivity index (χ0) is 17.1. The number of halogens is 1. The summed E-state index contributed by atoms with van der Waals surface area (Å²) in [6.07, 6.45) is 1.70. The highest BCUT2D eigenvalue weighted by Gasteiger charge is 2.32. The fraction of sp³-hybridized carbons (Fsp3) is 0.350. The molecule has 0 bridgehead atoms. The van der Waals surface area contributed by atoms with Crippen LogP contribution in [0.1, 0.15) is 47.3 Å². The minimum atomic E-state index is -0.251. The molecule has 0 saturated heterocycles. The van der Waals surface area contributed by atoms with Crippen molar-refractivity contribution in [1.82, 2.24) is 4.90 Å². The Labute approximate surface area is 142 Å². The Morgan fingerprint density at radius 3 is 2.54 bits per heavy atom. The van der Waals surface area contributed by atoms with E-state index in [0.29, 0.717) is 5.56 Å². The smallest absolute Gasteiger partial charge is 0.123 e. The largest absolute Gasteiger partial charge is 0.361 e. The first-order valence-corrected chi connectivity index (χ1v) is 8.18. The van der Waals surface area contributed by atoms with Crippen LogP contribution >= 0.6 is 0 Å². The number of benzene rings is 2. The Balaban J connectivity index is 1.89. The van der Waals surface area contributed by atoms with E-state index in [-0.39, 0.29) is 18.0 Å². The minimum absolute atomic E-state index is 0.0247. The number of fused-ring (bicyclic) bond motifs is 1. The summed E-state index contributed by atoms with van der Waals surface area (Å²) < 4.78 is 19.5. The zero-order valence-corrected chi connectivity index (χ0v) is 14.0. The van der Waals surface area contributed by atoms with E-state index in [0.717, 1.165) is 36.1 Å². The average Bonchev–Trinajstić information content (AvgIpc) is 2.93. The predicted octanol–water partition coefficient (Wildman–Crippen LogP) is 4.20. The van der Waals surface area contributed by atoms with Crippen molar-refractivity contribution in [2.75, 3.05) is 20.6 Å².